The summed E-state index contributed by atoms with van der Waals surface area (Å²) in [6.45, 7) is 0.738. The smallest absolute Gasteiger partial charge is 0.417 e. The molecule has 1 heterocycles. The minimum absolute atomic E-state index is 0.0628. The molecule has 0 amide bonds. The second-order valence-electron chi connectivity index (χ2n) is 6.88. The zero-order valence-electron chi connectivity index (χ0n) is 17.2. The number of aromatic carboxylic acids is 1. The van der Waals surface area contributed by atoms with E-state index in [0.717, 1.165) is 23.5 Å². The van der Waals surface area contributed by atoms with Crippen LogP contribution >= 0.6 is 11.3 Å². The Labute approximate surface area is 195 Å². The van der Waals surface area contributed by atoms with Gasteiger partial charge < -0.3 is 14.9 Å². The number of thiophene rings is 1. The first-order valence-corrected chi connectivity index (χ1v) is 11.6. The number of hydrogen-bond acceptors (Lipinski definition) is 6. The molecule has 0 radical (unpaired) electrons. The van der Waals surface area contributed by atoms with E-state index in [1.165, 1.54) is 37.3 Å². The van der Waals surface area contributed by atoms with E-state index in [1.54, 1.807) is 0 Å². The van der Waals surface area contributed by atoms with Crippen LogP contribution in [-0.4, -0.2) is 37.2 Å². The molecule has 0 saturated heterocycles. The Kier molecular flexibility index (Phi) is 6.89. The number of halogens is 3. The van der Waals surface area contributed by atoms with Crippen LogP contribution in [0.3, 0.4) is 0 Å². The van der Waals surface area contributed by atoms with Gasteiger partial charge in [0.2, 0.25) is 0 Å². The van der Waals surface area contributed by atoms with Crippen molar-refractivity contribution in [2.24, 2.45) is 0 Å². The Balaban J connectivity index is 2.00. The van der Waals surface area contributed by atoms with E-state index in [4.69, 9.17) is 9.84 Å². The zero-order chi connectivity index (χ0) is 25.3. The van der Waals surface area contributed by atoms with Crippen molar-refractivity contribution in [3.8, 4) is 16.2 Å². The third-order valence-electron chi connectivity index (χ3n) is 4.48. The summed E-state index contributed by atoms with van der Waals surface area (Å²) in [7, 11) is -4.62. The molecule has 3 N–H and O–H groups in total. The van der Waals surface area contributed by atoms with Gasteiger partial charge in [0.05, 0.1) is 10.5 Å². The normalized spacial score (nSPS) is 11.8. The average molecular weight is 515 g/mol. The Morgan fingerprint density at radius 1 is 1.09 bits per heavy atom. The van der Waals surface area contributed by atoms with Gasteiger partial charge in [-0.1, -0.05) is 24.3 Å². The van der Waals surface area contributed by atoms with Crippen molar-refractivity contribution in [3.05, 3.63) is 64.5 Å². The van der Waals surface area contributed by atoms with Gasteiger partial charge in [-0.25, -0.2) is 18.0 Å². The van der Waals surface area contributed by atoms with Crippen molar-refractivity contribution in [3.63, 3.8) is 0 Å². The van der Waals surface area contributed by atoms with Crippen molar-refractivity contribution >= 4 is 39.0 Å². The fraction of sp³-hybridized carbons (Fsp3) is 0.143. The lowest BCUT2D eigenvalue weighted by atomic mass is 10.1. The summed E-state index contributed by atoms with van der Waals surface area (Å²) in [4.78, 5) is 21.6. The van der Waals surface area contributed by atoms with Gasteiger partial charge in [0.15, 0.2) is 11.5 Å². The Morgan fingerprint density at radius 3 is 2.38 bits per heavy atom. The van der Waals surface area contributed by atoms with E-state index >= 15 is 0 Å². The third-order valence-corrected chi connectivity index (χ3v) is 7.23. The molecule has 2 aromatic carbocycles. The van der Waals surface area contributed by atoms with Crippen LogP contribution in [0, 0.1) is 6.92 Å². The molecule has 0 aliphatic carbocycles. The Morgan fingerprint density at radius 2 is 1.76 bits per heavy atom. The van der Waals surface area contributed by atoms with Gasteiger partial charge in [-0.2, -0.15) is 13.2 Å². The molecule has 0 aliphatic heterocycles. The molecule has 8 nitrogen and oxygen atoms in total. The highest BCUT2D eigenvalue weighted by molar-refractivity contribution is 7.92. The lowest BCUT2D eigenvalue weighted by Gasteiger charge is -2.14. The maximum Gasteiger partial charge on any atom is 0.417 e. The quantitative estimate of drug-likeness (QED) is 0.396. The molecular formula is C21H16F3NO7S2. The summed E-state index contributed by atoms with van der Waals surface area (Å²) in [5, 5.41) is 18.3. The third kappa shape index (κ3) is 5.31. The molecule has 3 rings (SSSR count). The molecule has 0 atom stereocenters. The molecule has 180 valence electrons. The number of carboxylic acid groups (broad SMARTS) is 2. The van der Waals surface area contributed by atoms with E-state index < -0.39 is 45.2 Å². The fourth-order valence-electron chi connectivity index (χ4n) is 3.09. The maximum absolute atomic E-state index is 13.3. The number of carboxylic acids is 2. The molecule has 0 fully saturated rings. The van der Waals surface area contributed by atoms with Gasteiger partial charge in [0, 0.05) is 16.1 Å². The topological polar surface area (TPSA) is 130 Å². The molecular weight excluding hydrogens is 499 g/mol. The predicted molar refractivity (Wildman–Crippen MR) is 117 cm³/mol. The summed E-state index contributed by atoms with van der Waals surface area (Å²) in [5.74, 6) is -2.79. The number of aliphatic carboxylic acids is 1. The predicted octanol–water partition coefficient (Wildman–Crippen LogP) is 4.70. The number of carbonyl (C=O) groups is 2. The number of ether oxygens (including phenoxy) is 1. The minimum Gasteiger partial charge on any atom is -0.480 e. The molecule has 0 saturated carbocycles. The van der Waals surface area contributed by atoms with Crippen LogP contribution in [0.4, 0.5) is 18.9 Å². The van der Waals surface area contributed by atoms with Crippen LogP contribution in [0.5, 0.6) is 5.75 Å². The summed E-state index contributed by atoms with van der Waals surface area (Å²) in [5.41, 5.74) is -0.725. The first-order chi connectivity index (χ1) is 15.8. The van der Waals surface area contributed by atoms with Gasteiger partial charge in [0.25, 0.3) is 10.0 Å². The lowest BCUT2D eigenvalue weighted by Crippen LogP contribution is -2.18. The van der Waals surface area contributed by atoms with Crippen molar-refractivity contribution in [1.29, 1.82) is 0 Å². The van der Waals surface area contributed by atoms with Crippen molar-refractivity contribution in [1.82, 2.24) is 0 Å². The number of alkyl halides is 3. The molecule has 1 aromatic heterocycles. The highest BCUT2D eigenvalue weighted by Gasteiger charge is 2.37. The largest absolute Gasteiger partial charge is 0.480 e. The second kappa shape index (κ2) is 9.35. The van der Waals surface area contributed by atoms with E-state index in [0.29, 0.717) is 22.1 Å². The second-order valence-corrected chi connectivity index (χ2v) is 9.55. The van der Waals surface area contributed by atoms with Crippen molar-refractivity contribution in [2.75, 3.05) is 11.3 Å². The molecule has 0 aliphatic rings. The SMILES string of the molecule is Cc1c(-c2cccc(NS(=O)(=O)c3ccccc3C(F)(F)F)c2)sc(C(=O)O)c1OCC(=O)O. The summed E-state index contributed by atoms with van der Waals surface area (Å²) >= 11 is 0.784. The monoisotopic (exact) mass is 515 g/mol. The first kappa shape index (κ1) is 25.1. The van der Waals surface area contributed by atoms with Crippen LogP contribution in [0.15, 0.2) is 53.4 Å². The number of rotatable bonds is 8. The van der Waals surface area contributed by atoms with Gasteiger partial charge >= 0.3 is 18.1 Å². The van der Waals surface area contributed by atoms with Crippen LogP contribution in [-0.2, 0) is 21.0 Å². The number of nitrogens with one attached hydrogen (secondary N) is 1. The van der Waals surface area contributed by atoms with Gasteiger partial charge in [0.1, 0.15) is 5.75 Å². The molecule has 0 unspecified atom stereocenters. The summed E-state index contributed by atoms with van der Waals surface area (Å²) in [6, 6.07) is 9.34. The lowest BCUT2D eigenvalue weighted by molar-refractivity contribution is -0.140. The molecule has 3 aromatic rings. The maximum atomic E-state index is 13.3. The van der Waals surface area contributed by atoms with Crippen LogP contribution in [0.2, 0.25) is 0 Å². The standard InChI is InChI=1S/C21H16F3NO7S2/c1-11-17(32-10-16(26)27)19(20(28)29)33-18(11)12-5-4-6-13(9-12)25-34(30,31)15-8-3-2-7-14(15)21(22,23)24/h2-9,25H,10H2,1H3,(H,26,27)(H,28,29). The van der Waals surface area contributed by atoms with Crippen LogP contribution in [0.25, 0.3) is 10.4 Å². The fourth-order valence-corrected chi connectivity index (χ4v) is 5.46. The van der Waals surface area contributed by atoms with E-state index in [1.807, 2.05) is 0 Å². The number of anilines is 1. The van der Waals surface area contributed by atoms with Gasteiger partial charge in [-0.3, -0.25) is 4.72 Å². The first-order valence-electron chi connectivity index (χ1n) is 9.32. The summed E-state index contributed by atoms with van der Waals surface area (Å²) in [6.07, 6.45) is -4.89. The van der Waals surface area contributed by atoms with Crippen LogP contribution in [0.1, 0.15) is 20.8 Å². The van der Waals surface area contributed by atoms with Crippen LogP contribution < -0.4 is 9.46 Å². The molecule has 13 heteroatoms. The van der Waals surface area contributed by atoms with Crippen molar-refractivity contribution in [2.45, 2.75) is 18.0 Å². The number of sulfonamides is 1. The Hall–Kier alpha value is -3.58. The zero-order valence-corrected chi connectivity index (χ0v) is 18.8. The highest BCUT2D eigenvalue weighted by atomic mass is 32.2. The van der Waals surface area contributed by atoms with E-state index in [2.05, 4.69) is 4.72 Å². The summed E-state index contributed by atoms with van der Waals surface area (Å²) < 4.78 is 72.5. The molecule has 0 spiro atoms. The number of benzene rings is 2. The Bertz CT molecular complexity index is 1360. The molecule has 0 bridgehead atoms. The average Bonchev–Trinajstić information content (AvgIpc) is 3.08. The van der Waals surface area contributed by atoms with Gasteiger partial charge in [-0.05, 0) is 36.8 Å². The minimum atomic E-state index is -4.89. The van der Waals surface area contributed by atoms with E-state index in [9.17, 15) is 36.3 Å². The van der Waals surface area contributed by atoms with Crippen molar-refractivity contribution < 1.29 is 46.1 Å². The molecule has 34 heavy (non-hydrogen) atoms. The van der Waals surface area contributed by atoms with Gasteiger partial charge in [-0.15, -0.1) is 11.3 Å². The highest BCUT2D eigenvalue weighted by Crippen LogP contribution is 2.42. The van der Waals surface area contributed by atoms with E-state index in [-0.39, 0.29) is 16.3 Å². The number of hydrogen-bond donors (Lipinski definition) is 3.